The number of hydrogen-bond donors (Lipinski definition) is 1. The molecule has 164 valence electrons. The van der Waals surface area contributed by atoms with E-state index in [-0.39, 0.29) is 29.6 Å². The lowest BCUT2D eigenvalue weighted by Gasteiger charge is -2.32. The first-order chi connectivity index (χ1) is 15.3. The van der Waals surface area contributed by atoms with Crippen molar-refractivity contribution < 1.29 is 27.0 Å². The van der Waals surface area contributed by atoms with Crippen molar-refractivity contribution in [2.45, 2.75) is 36.7 Å². The quantitative estimate of drug-likeness (QED) is 0.430. The van der Waals surface area contributed by atoms with Crippen LogP contribution < -0.4 is 5.32 Å². The third kappa shape index (κ3) is 4.15. The van der Waals surface area contributed by atoms with Gasteiger partial charge in [0.25, 0.3) is 16.0 Å². The van der Waals surface area contributed by atoms with E-state index in [1.165, 1.54) is 17.0 Å². The van der Waals surface area contributed by atoms with Gasteiger partial charge in [-0.2, -0.15) is 8.42 Å². The molecule has 1 saturated heterocycles. The predicted molar refractivity (Wildman–Crippen MR) is 114 cm³/mol. The number of rotatable bonds is 4. The monoisotopic (exact) mass is 452 g/mol. The van der Waals surface area contributed by atoms with E-state index in [0.717, 1.165) is 5.56 Å². The number of hydrogen-bond acceptors (Lipinski definition) is 6. The second-order valence-corrected chi connectivity index (χ2v) is 9.13. The van der Waals surface area contributed by atoms with Crippen molar-refractivity contribution >= 4 is 27.8 Å². The molecule has 0 aromatic heterocycles. The minimum absolute atomic E-state index is 0.0245. The summed E-state index contributed by atoms with van der Waals surface area (Å²) in [4.78, 5) is 38.3. The van der Waals surface area contributed by atoms with E-state index in [0.29, 0.717) is 11.1 Å². The lowest BCUT2D eigenvalue weighted by Crippen LogP contribution is -2.53. The van der Waals surface area contributed by atoms with Crippen LogP contribution in [0.3, 0.4) is 0 Å². The molecule has 9 heteroatoms. The number of piperidine rings is 1. The Labute approximate surface area is 185 Å². The number of nitrogens with one attached hydrogen (secondary N) is 1. The molecule has 3 amide bonds. The summed E-state index contributed by atoms with van der Waals surface area (Å²) in [5.74, 6) is 4.27. The summed E-state index contributed by atoms with van der Waals surface area (Å²) in [6.45, 7) is 1.43. The van der Waals surface area contributed by atoms with Gasteiger partial charge in [-0.3, -0.25) is 23.9 Å². The first kappa shape index (κ1) is 21.7. The molecule has 1 N–H and O–H groups in total. The van der Waals surface area contributed by atoms with Crippen LogP contribution in [-0.4, -0.2) is 43.7 Å². The number of carbonyl (C=O) groups excluding carboxylic acids is 3. The van der Waals surface area contributed by atoms with E-state index < -0.39 is 34.7 Å². The number of amides is 3. The standard InChI is InChI=1S/C23H20N2O6S/c1-15-8-10-16(11-9-15)32(29,30)31-14-4-7-19-17-5-2-3-6-18(17)23(28)25(19)20-12-13-21(26)24-22(20)27/h2-3,5-6,8-11,19-20H,12-14H2,1H3,(H,24,26,27). The third-order valence-corrected chi connectivity index (χ3v) is 6.66. The number of aryl methyl sites for hydroxylation is 1. The Morgan fingerprint density at radius 3 is 2.53 bits per heavy atom. The fourth-order valence-electron chi connectivity index (χ4n) is 3.77. The first-order valence-corrected chi connectivity index (χ1v) is 11.4. The first-order valence-electron chi connectivity index (χ1n) is 9.98. The van der Waals surface area contributed by atoms with Gasteiger partial charge in [0.2, 0.25) is 11.8 Å². The van der Waals surface area contributed by atoms with Crippen LogP contribution in [0.2, 0.25) is 0 Å². The highest BCUT2D eigenvalue weighted by atomic mass is 32.2. The summed E-state index contributed by atoms with van der Waals surface area (Å²) in [6, 6.07) is 11.5. The van der Waals surface area contributed by atoms with Crippen molar-refractivity contribution in [3.63, 3.8) is 0 Å². The van der Waals surface area contributed by atoms with Crippen LogP contribution in [0, 0.1) is 18.8 Å². The molecule has 2 aromatic carbocycles. The van der Waals surface area contributed by atoms with Gasteiger partial charge in [-0.05, 0) is 37.1 Å². The molecule has 2 aliphatic heterocycles. The minimum atomic E-state index is -3.98. The Kier molecular flexibility index (Phi) is 5.82. The number of imide groups is 1. The number of carbonyl (C=O) groups is 3. The smallest absolute Gasteiger partial charge is 0.297 e. The highest BCUT2D eigenvalue weighted by Crippen LogP contribution is 2.36. The number of benzene rings is 2. The van der Waals surface area contributed by atoms with Gasteiger partial charge >= 0.3 is 0 Å². The molecule has 32 heavy (non-hydrogen) atoms. The summed E-state index contributed by atoms with van der Waals surface area (Å²) < 4.78 is 29.7. The molecule has 0 saturated carbocycles. The van der Waals surface area contributed by atoms with Gasteiger partial charge in [-0.25, -0.2) is 0 Å². The van der Waals surface area contributed by atoms with Crippen molar-refractivity contribution in [3.05, 3.63) is 65.2 Å². The van der Waals surface area contributed by atoms with Crippen LogP contribution >= 0.6 is 0 Å². The zero-order chi connectivity index (χ0) is 22.9. The Balaban J connectivity index is 1.56. The van der Waals surface area contributed by atoms with Gasteiger partial charge in [0.1, 0.15) is 18.7 Å². The van der Waals surface area contributed by atoms with E-state index in [4.69, 9.17) is 4.18 Å². The average molecular weight is 452 g/mol. The summed E-state index contributed by atoms with van der Waals surface area (Å²) in [5, 5.41) is 2.26. The lowest BCUT2D eigenvalue weighted by atomic mass is 10.0. The van der Waals surface area contributed by atoms with Gasteiger partial charge in [-0.15, -0.1) is 0 Å². The molecule has 0 aliphatic carbocycles. The highest BCUT2D eigenvalue weighted by Gasteiger charge is 2.44. The normalized spacial score (nSPS) is 20.4. The average Bonchev–Trinajstić information content (AvgIpc) is 3.04. The summed E-state index contributed by atoms with van der Waals surface area (Å²) in [6.07, 6.45) is 0.315. The third-order valence-electron chi connectivity index (χ3n) is 5.38. The highest BCUT2D eigenvalue weighted by molar-refractivity contribution is 7.86. The molecule has 2 aromatic rings. The van der Waals surface area contributed by atoms with E-state index in [1.807, 2.05) is 6.92 Å². The molecular formula is C23H20N2O6S. The maximum absolute atomic E-state index is 13.0. The largest absolute Gasteiger partial charge is 0.309 e. The molecule has 0 radical (unpaired) electrons. The van der Waals surface area contributed by atoms with Gasteiger partial charge < -0.3 is 4.90 Å². The van der Waals surface area contributed by atoms with Gasteiger partial charge in [0.05, 0.1) is 4.90 Å². The van der Waals surface area contributed by atoms with E-state index in [2.05, 4.69) is 17.2 Å². The van der Waals surface area contributed by atoms with Crippen molar-refractivity contribution in [1.29, 1.82) is 0 Å². The van der Waals surface area contributed by atoms with Crippen LogP contribution in [-0.2, 0) is 23.9 Å². The SMILES string of the molecule is Cc1ccc(S(=O)(=O)OCC#CC2c3ccccc3C(=O)N2C2CCC(=O)NC2=O)cc1. The maximum atomic E-state index is 13.0. The second kappa shape index (κ2) is 8.57. The summed E-state index contributed by atoms with van der Waals surface area (Å²) in [5.41, 5.74) is 1.96. The molecule has 1 fully saturated rings. The molecule has 2 heterocycles. The zero-order valence-corrected chi connectivity index (χ0v) is 18.0. The molecular weight excluding hydrogens is 432 g/mol. The van der Waals surface area contributed by atoms with E-state index in [9.17, 15) is 22.8 Å². The zero-order valence-electron chi connectivity index (χ0n) is 17.2. The Morgan fingerprint density at radius 1 is 1.09 bits per heavy atom. The molecule has 0 bridgehead atoms. The topological polar surface area (TPSA) is 110 Å². The Hall–Kier alpha value is -3.48. The molecule has 4 rings (SSSR count). The Morgan fingerprint density at radius 2 is 1.81 bits per heavy atom. The van der Waals surface area contributed by atoms with Crippen molar-refractivity contribution in [2.75, 3.05) is 6.61 Å². The predicted octanol–water partition coefficient (Wildman–Crippen LogP) is 1.71. The van der Waals surface area contributed by atoms with Crippen LogP contribution in [0.5, 0.6) is 0 Å². The lowest BCUT2D eigenvalue weighted by molar-refractivity contribution is -0.137. The van der Waals surface area contributed by atoms with Gasteiger partial charge in [0, 0.05) is 12.0 Å². The van der Waals surface area contributed by atoms with Crippen molar-refractivity contribution in [3.8, 4) is 11.8 Å². The summed E-state index contributed by atoms with van der Waals surface area (Å²) >= 11 is 0. The Bertz CT molecular complexity index is 1260. The minimum Gasteiger partial charge on any atom is -0.309 e. The fourth-order valence-corrected chi connectivity index (χ4v) is 4.59. The molecule has 2 unspecified atom stereocenters. The van der Waals surface area contributed by atoms with Crippen LogP contribution in [0.1, 0.15) is 40.4 Å². The van der Waals surface area contributed by atoms with Gasteiger partial charge in [-0.1, -0.05) is 47.7 Å². The van der Waals surface area contributed by atoms with E-state index in [1.54, 1.807) is 36.4 Å². The molecule has 2 atom stereocenters. The fraction of sp³-hybridized carbons (Fsp3) is 0.261. The van der Waals surface area contributed by atoms with Crippen LogP contribution in [0.15, 0.2) is 53.4 Å². The van der Waals surface area contributed by atoms with Crippen LogP contribution in [0.25, 0.3) is 0 Å². The van der Waals surface area contributed by atoms with Gasteiger partial charge in [0.15, 0.2) is 0 Å². The molecule has 0 spiro atoms. The molecule has 2 aliphatic rings. The summed E-state index contributed by atoms with van der Waals surface area (Å²) in [7, 11) is -3.98. The van der Waals surface area contributed by atoms with Crippen molar-refractivity contribution in [2.24, 2.45) is 0 Å². The van der Waals surface area contributed by atoms with Crippen LogP contribution in [0.4, 0.5) is 0 Å². The van der Waals surface area contributed by atoms with Crippen molar-refractivity contribution in [1.82, 2.24) is 10.2 Å². The second-order valence-electron chi connectivity index (χ2n) is 7.52. The van der Waals surface area contributed by atoms with E-state index >= 15 is 0 Å². The number of nitrogens with zero attached hydrogens (tertiary/aromatic N) is 1. The number of fused-ring (bicyclic) bond motifs is 1. The molecule has 8 nitrogen and oxygen atoms in total. The maximum Gasteiger partial charge on any atom is 0.297 e.